The van der Waals surface area contributed by atoms with Crippen LogP contribution in [0.2, 0.25) is 4.31 Å². The van der Waals surface area contributed by atoms with Crippen molar-refractivity contribution in [2.75, 3.05) is 0 Å². The molecule has 10 heavy (non-hydrogen) atoms. The molecule has 0 aliphatic heterocycles. The summed E-state index contributed by atoms with van der Waals surface area (Å²) in [4.78, 5) is 11.1. The normalized spacial score (nSPS) is 12.2. The number of hydrogen-bond acceptors (Lipinski definition) is 1. The van der Waals surface area contributed by atoms with E-state index >= 15 is 0 Å². The molecule has 0 aromatic rings. The Morgan fingerprint density at radius 1 is 1.50 bits per heavy atom. The van der Waals surface area contributed by atoms with Crippen molar-refractivity contribution in [3.05, 3.63) is 0 Å². The molecule has 0 atom stereocenters. The van der Waals surface area contributed by atoms with E-state index in [2.05, 4.69) is 16.0 Å². The van der Waals surface area contributed by atoms with E-state index in [1.807, 2.05) is 27.7 Å². The van der Waals surface area contributed by atoms with Gasteiger partial charge >= 0.3 is 70.9 Å². The fraction of sp³-hybridized carbons (Fsp3) is 0.875. The van der Waals surface area contributed by atoms with Crippen molar-refractivity contribution in [1.29, 1.82) is 0 Å². The fourth-order valence-electron chi connectivity index (χ4n) is 0.624. The molecule has 59 valence electrons. The maximum absolute atomic E-state index is 11.1. The number of carbonyl (C=O) groups excluding carboxylic acids is 1. The van der Waals surface area contributed by atoms with E-state index in [0.717, 1.165) is 0 Å². The molecule has 1 nitrogen and oxygen atoms in total. The summed E-state index contributed by atoms with van der Waals surface area (Å²) in [6.07, 6.45) is 0.644. The summed E-state index contributed by atoms with van der Waals surface area (Å²) in [6.45, 7) is 7.95. The van der Waals surface area contributed by atoms with Gasteiger partial charge in [-0.15, -0.1) is 0 Å². The van der Waals surface area contributed by atoms with E-state index in [1.54, 1.807) is 0 Å². The third-order valence-electron chi connectivity index (χ3n) is 1.24. The van der Waals surface area contributed by atoms with Gasteiger partial charge in [0.15, 0.2) is 0 Å². The Hall–Kier alpha value is 0.189. The number of ketones is 1. The second kappa shape index (κ2) is 3.54. The van der Waals surface area contributed by atoms with Crippen molar-refractivity contribution in [1.82, 2.24) is 0 Å². The van der Waals surface area contributed by atoms with Crippen molar-refractivity contribution in [3.63, 3.8) is 0 Å². The minimum atomic E-state index is 0.0291. The third kappa shape index (κ3) is 5.01. The zero-order valence-electron chi connectivity index (χ0n) is 7.10. The molecule has 0 fully saturated rings. The van der Waals surface area contributed by atoms with E-state index in [0.29, 0.717) is 12.2 Å². The first-order valence-corrected chi connectivity index (χ1v) is 4.42. The second-order valence-corrected chi connectivity index (χ2v) is 5.88. The van der Waals surface area contributed by atoms with Crippen LogP contribution < -0.4 is 0 Å². The van der Waals surface area contributed by atoms with E-state index < -0.39 is 0 Å². The Bertz CT molecular complexity index is 122. The van der Waals surface area contributed by atoms with Gasteiger partial charge < -0.3 is 0 Å². The van der Waals surface area contributed by atoms with Gasteiger partial charge in [0, 0.05) is 0 Å². The van der Waals surface area contributed by atoms with Crippen LogP contribution in [0, 0.1) is 5.92 Å². The number of Topliss-reactive ketones (excluding diaryl/α,β-unsaturated/α-hetero) is 1. The zero-order chi connectivity index (χ0) is 8.36. The second-order valence-electron chi connectivity index (χ2n) is 3.56. The van der Waals surface area contributed by atoms with E-state index in [9.17, 15) is 4.79 Å². The number of hydrogen-bond donors (Lipinski definition) is 0. The topological polar surface area (TPSA) is 17.1 Å². The van der Waals surface area contributed by atoms with Crippen LogP contribution in [0.4, 0.5) is 0 Å². The molecule has 0 unspecified atom stereocenters. The quantitative estimate of drug-likeness (QED) is 0.645. The molecular weight excluding hydrogens is 191 g/mol. The average Bonchev–Trinajstić information content (AvgIpc) is 1.60. The van der Waals surface area contributed by atoms with Gasteiger partial charge in [0.05, 0.1) is 0 Å². The van der Waals surface area contributed by atoms with Crippen LogP contribution in [0.25, 0.3) is 0 Å². The Morgan fingerprint density at radius 2 is 1.90 bits per heavy atom. The molecule has 0 aromatic heterocycles. The zero-order valence-corrected chi connectivity index (χ0v) is 8.81. The summed E-state index contributed by atoms with van der Waals surface area (Å²) in [7, 11) is 0. The predicted molar refractivity (Wildman–Crippen MR) is 44.3 cm³/mol. The Balaban J connectivity index is 3.81. The van der Waals surface area contributed by atoms with E-state index in [-0.39, 0.29) is 10.2 Å². The molecule has 0 bridgehead atoms. The first-order valence-electron chi connectivity index (χ1n) is 3.56. The summed E-state index contributed by atoms with van der Waals surface area (Å²) in [5, 5.41) is 0. The van der Waals surface area contributed by atoms with Gasteiger partial charge in [-0.25, -0.2) is 0 Å². The van der Waals surface area contributed by atoms with Crippen molar-refractivity contribution in [2.24, 2.45) is 5.92 Å². The van der Waals surface area contributed by atoms with Crippen LogP contribution in [0.3, 0.4) is 0 Å². The van der Waals surface area contributed by atoms with Crippen molar-refractivity contribution >= 4 is 21.8 Å². The number of rotatable bonds is 3. The van der Waals surface area contributed by atoms with Crippen LogP contribution in [0.5, 0.6) is 0 Å². The molecular formula is C8H15OSe. The Labute approximate surface area is 71.4 Å². The SMILES string of the molecule is CC(C)C(=O)CC(C)(C)[Se]. The molecule has 0 spiro atoms. The summed E-state index contributed by atoms with van der Waals surface area (Å²) < 4.78 is 0.0291. The van der Waals surface area contributed by atoms with Gasteiger partial charge in [-0.3, -0.25) is 0 Å². The van der Waals surface area contributed by atoms with E-state index in [4.69, 9.17) is 0 Å². The predicted octanol–water partition coefficient (Wildman–Crippen LogP) is 1.97. The first kappa shape index (κ1) is 10.2. The van der Waals surface area contributed by atoms with Crippen LogP contribution >= 0.6 is 0 Å². The van der Waals surface area contributed by atoms with Gasteiger partial charge in [0.2, 0.25) is 0 Å². The molecule has 0 saturated carbocycles. The standard InChI is InChI=1S/C8H15OSe/c1-6(2)7(9)5-8(3,4)10/h6H,5H2,1-4H3. The maximum atomic E-state index is 11.1. The van der Waals surface area contributed by atoms with Gasteiger partial charge in [0.25, 0.3) is 0 Å². The summed E-state index contributed by atoms with van der Waals surface area (Å²) >= 11 is 2.98. The average molecular weight is 206 g/mol. The molecule has 0 aliphatic carbocycles. The molecule has 0 saturated heterocycles. The molecule has 0 aliphatic rings. The first-order chi connectivity index (χ1) is 4.33. The Morgan fingerprint density at radius 3 is 2.00 bits per heavy atom. The third-order valence-corrected chi connectivity index (χ3v) is 1.55. The molecule has 2 heteroatoms. The van der Waals surface area contributed by atoms with Gasteiger partial charge in [0.1, 0.15) is 0 Å². The summed E-state index contributed by atoms with van der Waals surface area (Å²) in [5.41, 5.74) is 0. The van der Waals surface area contributed by atoms with Gasteiger partial charge in [-0.05, 0) is 0 Å². The van der Waals surface area contributed by atoms with Crippen molar-refractivity contribution in [3.8, 4) is 0 Å². The van der Waals surface area contributed by atoms with E-state index in [1.165, 1.54) is 0 Å². The van der Waals surface area contributed by atoms with Crippen LogP contribution in [-0.4, -0.2) is 21.8 Å². The van der Waals surface area contributed by atoms with Crippen LogP contribution in [0.1, 0.15) is 34.1 Å². The molecule has 0 aromatic carbocycles. The summed E-state index contributed by atoms with van der Waals surface area (Å²) in [6, 6.07) is 0. The summed E-state index contributed by atoms with van der Waals surface area (Å²) in [5.74, 6) is 0.511. The van der Waals surface area contributed by atoms with Crippen LogP contribution in [-0.2, 0) is 4.79 Å². The molecule has 0 N–H and O–H groups in total. The molecule has 0 amide bonds. The van der Waals surface area contributed by atoms with Gasteiger partial charge in [-0.2, -0.15) is 0 Å². The monoisotopic (exact) mass is 207 g/mol. The van der Waals surface area contributed by atoms with Crippen molar-refractivity contribution in [2.45, 2.75) is 38.4 Å². The molecule has 0 heterocycles. The Kier molecular flexibility index (Phi) is 3.61. The molecule has 0 rings (SSSR count). The number of carbonyl (C=O) groups is 1. The van der Waals surface area contributed by atoms with Crippen LogP contribution in [0.15, 0.2) is 0 Å². The molecule has 1 radical (unpaired) electrons. The fourth-order valence-corrected chi connectivity index (χ4v) is 0.922. The minimum absolute atomic E-state index is 0.0291. The van der Waals surface area contributed by atoms with Gasteiger partial charge in [-0.1, -0.05) is 0 Å². The van der Waals surface area contributed by atoms with Crippen molar-refractivity contribution < 1.29 is 4.79 Å².